The van der Waals surface area contributed by atoms with Crippen LogP contribution in [0, 0.1) is 5.92 Å². The van der Waals surface area contributed by atoms with Gasteiger partial charge in [-0.25, -0.2) is 0 Å². The Bertz CT molecular complexity index is 302. The summed E-state index contributed by atoms with van der Waals surface area (Å²) in [6.07, 6.45) is 5.72. The number of hydrogen-bond donors (Lipinski definition) is 1. The molecule has 3 aliphatic heterocycles. The number of carboxylic acid groups (broad SMARTS) is 1. The molecule has 0 aromatic rings. The monoisotopic (exact) mass is 238 g/mol. The lowest BCUT2D eigenvalue weighted by Gasteiger charge is -2.48. The lowest BCUT2D eigenvalue weighted by Crippen LogP contribution is -2.56. The summed E-state index contributed by atoms with van der Waals surface area (Å²) in [5, 5.41) is 8.74. The van der Waals surface area contributed by atoms with E-state index in [1.54, 1.807) is 0 Å². The fraction of sp³-hybridized carbons (Fsp3) is 0.923. The number of nitrogens with zero attached hydrogens (tertiary/aromatic N) is 2. The van der Waals surface area contributed by atoms with E-state index in [1.807, 2.05) is 0 Å². The molecule has 4 nitrogen and oxygen atoms in total. The molecular weight excluding hydrogens is 216 g/mol. The summed E-state index contributed by atoms with van der Waals surface area (Å²) >= 11 is 0. The maximum atomic E-state index is 10.6. The first-order chi connectivity index (χ1) is 8.22. The number of piperidine rings is 1. The number of carboxylic acids is 1. The third-order valence-corrected chi connectivity index (χ3v) is 4.76. The van der Waals surface area contributed by atoms with Crippen LogP contribution in [-0.2, 0) is 4.79 Å². The Hall–Kier alpha value is -0.610. The molecule has 17 heavy (non-hydrogen) atoms. The largest absolute Gasteiger partial charge is 0.481 e. The summed E-state index contributed by atoms with van der Waals surface area (Å²) in [4.78, 5) is 15.8. The van der Waals surface area contributed by atoms with Crippen molar-refractivity contribution in [3.63, 3.8) is 0 Å². The molecule has 3 rings (SSSR count). The SMILES string of the molecule is O=C(O)CC1CN(C2CCN3CCCC3C2)C1. The molecule has 0 aromatic carbocycles. The second-order valence-corrected chi connectivity index (χ2v) is 5.93. The fourth-order valence-electron chi connectivity index (χ4n) is 3.82. The van der Waals surface area contributed by atoms with Gasteiger partial charge in [0.2, 0.25) is 0 Å². The summed E-state index contributed by atoms with van der Waals surface area (Å²) in [6.45, 7) is 4.60. The first kappa shape index (κ1) is 11.5. The van der Waals surface area contributed by atoms with Gasteiger partial charge >= 0.3 is 5.97 Å². The summed E-state index contributed by atoms with van der Waals surface area (Å²) in [6, 6.07) is 1.56. The topological polar surface area (TPSA) is 43.8 Å². The smallest absolute Gasteiger partial charge is 0.303 e. The van der Waals surface area contributed by atoms with Gasteiger partial charge in [0.05, 0.1) is 6.42 Å². The van der Waals surface area contributed by atoms with Crippen molar-refractivity contribution in [3.05, 3.63) is 0 Å². The molecule has 0 bridgehead atoms. The van der Waals surface area contributed by atoms with Gasteiger partial charge in [0.1, 0.15) is 0 Å². The molecule has 0 aromatic heterocycles. The van der Waals surface area contributed by atoms with Crippen molar-refractivity contribution < 1.29 is 9.90 Å². The van der Waals surface area contributed by atoms with Gasteiger partial charge in [-0.3, -0.25) is 9.69 Å². The minimum absolute atomic E-state index is 0.360. The van der Waals surface area contributed by atoms with Crippen molar-refractivity contribution in [2.45, 2.75) is 44.2 Å². The molecule has 2 atom stereocenters. The van der Waals surface area contributed by atoms with Crippen molar-refractivity contribution in [2.24, 2.45) is 5.92 Å². The van der Waals surface area contributed by atoms with Gasteiger partial charge in [0.25, 0.3) is 0 Å². The van der Waals surface area contributed by atoms with E-state index < -0.39 is 5.97 Å². The van der Waals surface area contributed by atoms with E-state index in [1.165, 1.54) is 38.8 Å². The van der Waals surface area contributed by atoms with Gasteiger partial charge in [0, 0.05) is 25.2 Å². The van der Waals surface area contributed by atoms with Crippen LogP contribution in [0.3, 0.4) is 0 Å². The minimum atomic E-state index is -0.639. The molecule has 4 heteroatoms. The maximum absolute atomic E-state index is 10.6. The second kappa shape index (κ2) is 4.58. The number of carbonyl (C=O) groups is 1. The summed E-state index contributed by atoms with van der Waals surface area (Å²) in [5.41, 5.74) is 0. The number of rotatable bonds is 3. The van der Waals surface area contributed by atoms with Gasteiger partial charge in [-0.1, -0.05) is 0 Å². The van der Waals surface area contributed by atoms with Crippen LogP contribution < -0.4 is 0 Å². The van der Waals surface area contributed by atoms with Crippen molar-refractivity contribution in [2.75, 3.05) is 26.2 Å². The van der Waals surface area contributed by atoms with Crippen molar-refractivity contribution in [1.82, 2.24) is 9.80 Å². The second-order valence-electron chi connectivity index (χ2n) is 5.93. The molecule has 1 N–H and O–H groups in total. The van der Waals surface area contributed by atoms with E-state index in [9.17, 15) is 4.79 Å². The molecule has 0 radical (unpaired) electrons. The molecule has 3 heterocycles. The van der Waals surface area contributed by atoms with Crippen molar-refractivity contribution in [3.8, 4) is 0 Å². The highest BCUT2D eigenvalue weighted by Gasteiger charge is 2.38. The number of fused-ring (bicyclic) bond motifs is 1. The Labute approximate surface area is 103 Å². The van der Waals surface area contributed by atoms with Crippen LogP contribution in [0.4, 0.5) is 0 Å². The predicted molar refractivity (Wildman–Crippen MR) is 64.9 cm³/mol. The lowest BCUT2D eigenvalue weighted by molar-refractivity contribution is -0.140. The molecule has 3 saturated heterocycles. The molecule has 96 valence electrons. The predicted octanol–water partition coefficient (Wildman–Crippen LogP) is 1.02. The normalized spacial score (nSPS) is 35.5. The Morgan fingerprint density at radius 2 is 1.88 bits per heavy atom. The summed E-state index contributed by atoms with van der Waals surface area (Å²) < 4.78 is 0. The van der Waals surface area contributed by atoms with Crippen molar-refractivity contribution in [1.29, 1.82) is 0 Å². The van der Waals surface area contributed by atoms with Gasteiger partial charge in [-0.2, -0.15) is 0 Å². The molecule has 0 saturated carbocycles. The van der Waals surface area contributed by atoms with Crippen LogP contribution in [0.5, 0.6) is 0 Å². The zero-order chi connectivity index (χ0) is 11.8. The van der Waals surface area contributed by atoms with Crippen LogP contribution in [0.2, 0.25) is 0 Å². The molecular formula is C13H22N2O2. The molecule has 0 spiro atoms. The van der Waals surface area contributed by atoms with Crippen LogP contribution in [0.1, 0.15) is 32.1 Å². The van der Waals surface area contributed by atoms with E-state index in [0.717, 1.165) is 25.2 Å². The molecule has 3 fully saturated rings. The zero-order valence-corrected chi connectivity index (χ0v) is 10.3. The molecule has 3 aliphatic rings. The third-order valence-electron chi connectivity index (χ3n) is 4.76. The Morgan fingerprint density at radius 3 is 2.65 bits per heavy atom. The van der Waals surface area contributed by atoms with E-state index >= 15 is 0 Å². The van der Waals surface area contributed by atoms with E-state index in [0.29, 0.717) is 12.3 Å². The maximum Gasteiger partial charge on any atom is 0.303 e. The van der Waals surface area contributed by atoms with Crippen LogP contribution in [-0.4, -0.2) is 59.1 Å². The Balaban J connectivity index is 1.46. The van der Waals surface area contributed by atoms with Crippen LogP contribution >= 0.6 is 0 Å². The molecule has 0 amide bonds. The highest BCUT2D eigenvalue weighted by Crippen LogP contribution is 2.33. The van der Waals surface area contributed by atoms with Gasteiger partial charge < -0.3 is 10.0 Å². The first-order valence-corrected chi connectivity index (χ1v) is 6.92. The van der Waals surface area contributed by atoms with E-state index in [-0.39, 0.29) is 0 Å². The third kappa shape index (κ3) is 2.33. The van der Waals surface area contributed by atoms with Gasteiger partial charge in [-0.05, 0) is 44.7 Å². The average Bonchev–Trinajstić information content (AvgIpc) is 2.69. The summed E-state index contributed by atoms with van der Waals surface area (Å²) in [5.74, 6) is -0.227. The van der Waals surface area contributed by atoms with Crippen LogP contribution in [0.15, 0.2) is 0 Å². The van der Waals surface area contributed by atoms with E-state index in [4.69, 9.17) is 5.11 Å². The Kier molecular flexibility index (Phi) is 3.09. The van der Waals surface area contributed by atoms with E-state index in [2.05, 4.69) is 9.80 Å². The standard InChI is InChI=1S/C13H22N2O2/c16-13(17)6-10-8-15(9-10)12-3-5-14-4-1-2-11(14)7-12/h10-12H,1-9H2,(H,16,17). The highest BCUT2D eigenvalue weighted by atomic mass is 16.4. The zero-order valence-electron chi connectivity index (χ0n) is 10.3. The van der Waals surface area contributed by atoms with Crippen molar-refractivity contribution >= 4 is 5.97 Å². The van der Waals surface area contributed by atoms with Crippen LogP contribution in [0.25, 0.3) is 0 Å². The number of likely N-dealkylation sites (tertiary alicyclic amines) is 1. The number of hydrogen-bond acceptors (Lipinski definition) is 3. The average molecular weight is 238 g/mol. The lowest BCUT2D eigenvalue weighted by atomic mass is 9.89. The number of aliphatic carboxylic acids is 1. The summed E-state index contributed by atoms with van der Waals surface area (Å²) in [7, 11) is 0. The van der Waals surface area contributed by atoms with Gasteiger partial charge in [0.15, 0.2) is 0 Å². The quantitative estimate of drug-likeness (QED) is 0.797. The highest BCUT2D eigenvalue weighted by molar-refractivity contribution is 5.67. The first-order valence-electron chi connectivity index (χ1n) is 6.92. The fourth-order valence-corrected chi connectivity index (χ4v) is 3.82. The molecule has 0 aliphatic carbocycles. The molecule has 2 unspecified atom stereocenters. The van der Waals surface area contributed by atoms with Gasteiger partial charge in [-0.15, -0.1) is 0 Å². The minimum Gasteiger partial charge on any atom is -0.481 e. The Morgan fingerprint density at radius 1 is 1.12 bits per heavy atom.